The smallest absolute Gasteiger partial charge is 0.310 e. The van der Waals surface area contributed by atoms with Gasteiger partial charge < -0.3 is 4.74 Å². The normalized spacial score (nSPS) is 10.7. The van der Waals surface area contributed by atoms with Crippen molar-refractivity contribution >= 4 is 21.9 Å². The Morgan fingerprint density at radius 3 is 2.76 bits per heavy atom. The van der Waals surface area contributed by atoms with Crippen LogP contribution in [0.5, 0.6) is 0 Å². The minimum absolute atomic E-state index is 0.0392. The van der Waals surface area contributed by atoms with Crippen molar-refractivity contribution in [1.29, 1.82) is 0 Å². The van der Waals surface area contributed by atoms with E-state index in [1.807, 2.05) is 0 Å². The van der Waals surface area contributed by atoms with Crippen molar-refractivity contribution in [2.45, 2.75) is 26.7 Å². The molecule has 0 aromatic carbocycles. The van der Waals surface area contributed by atoms with Crippen molar-refractivity contribution in [1.82, 2.24) is 4.98 Å². The van der Waals surface area contributed by atoms with E-state index in [1.54, 1.807) is 6.92 Å². The van der Waals surface area contributed by atoms with Gasteiger partial charge in [0, 0.05) is 10.7 Å². The first kappa shape index (κ1) is 14.0. The summed E-state index contributed by atoms with van der Waals surface area (Å²) >= 11 is 3.19. The minimum Gasteiger partial charge on any atom is -0.466 e. The first-order chi connectivity index (χ1) is 7.97. The SMILES string of the molecule is CCOC(=O)Cc1c(Br)cnc(C(F)F)c1C. The summed E-state index contributed by atoms with van der Waals surface area (Å²) in [5.41, 5.74) is 0.517. The number of halogens is 3. The van der Waals surface area contributed by atoms with Gasteiger partial charge in [-0.25, -0.2) is 8.78 Å². The van der Waals surface area contributed by atoms with Crippen LogP contribution in [0.15, 0.2) is 10.7 Å². The molecule has 0 amide bonds. The molecule has 0 saturated carbocycles. The molecule has 0 aliphatic rings. The van der Waals surface area contributed by atoms with Gasteiger partial charge in [-0.2, -0.15) is 0 Å². The zero-order valence-electron chi connectivity index (χ0n) is 9.47. The lowest BCUT2D eigenvalue weighted by Crippen LogP contribution is -2.11. The maximum Gasteiger partial charge on any atom is 0.310 e. The van der Waals surface area contributed by atoms with Gasteiger partial charge in [0.1, 0.15) is 5.69 Å². The molecular weight excluding hydrogens is 296 g/mol. The van der Waals surface area contributed by atoms with Crippen molar-refractivity contribution in [3.8, 4) is 0 Å². The second-order valence-corrected chi connectivity index (χ2v) is 4.23. The van der Waals surface area contributed by atoms with Gasteiger partial charge in [0.2, 0.25) is 0 Å². The Balaban J connectivity index is 3.05. The van der Waals surface area contributed by atoms with Gasteiger partial charge in [-0.15, -0.1) is 0 Å². The van der Waals surface area contributed by atoms with E-state index in [2.05, 4.69) is 20.9 Å². The van der Waals surface area contributed by atoms with Gasteiger partial charge in [-0.05, 0) is 40.9 Å². The highest BCUT2D eigenvalue weighted by Gasteiger charge is 2.19. The molecule has 3 nitrogen and oxygen atoms in total. The number of ether oxygens (including phenoxy) is 1. The zero-order valence-corrected chi connectivity index (χ0v) is 11.1. The van der Waals surface area contributed by atoms with Crippen molar-refractivity contribution in [2.75, 3.05) is 6.61 Å². The Hall–Kier alpha value is -1.04. The maximum absolute atomic E-state index is 12.6. The molecule has 0 atom stereocenters. The van der Waals surface area contributed by atoms with E-state index < -0.39 is 12.4 Å². The van der Waals surface area contributed by atoms with Crippen molar-refractivity contribution in [3.05, 3.63) is 27.5 Å². The molecule has 17 heavy (non-hydrogen) atoms. The van der Waals surface area contributed by atoms with E-state index in [1.165, 1.54) is 13.1 Å². The molecule has 0 spiro atoms. The quantitative estimate of drug-likeness (QED) is 0.802. The van der Waals surface area contributed by atoms with Crippen LogP contribution in [0.4, 0.5) is 8.78 Å². The van der Waals surface area contributed by atoms with Gasteiger partial charge >= 0.3 is 5.97 Å². The summed E-state index contributed by atoms with van der Waals surface area (Å²) in [5.74, 6) is -0.442. The van der Waals surface area contributed by atoms with Crippen LogP contribution in [0.1, 0.15) is 30.2 Å². The number of rotatable bonds is 4. The van der Waals surface area contributed by atoms with Crippen molar-refractivity contribution in [3.63, 3.8) is 0 Å². The lowest BCUT2D eigenvalue weighted by atomic mass is 10.1. The summed E-state index contributed by atoms with van der Waals surface area (Å²) in [6.07, 6.45) is -1.41. The summed E-state index contributed by atoms with van der Waals surface area (Å²) < 4.78 is 30.6. The number of hydrogen-bond acceptors (Lipinski definition) is 3. The third-order valence-corrected chi connectivity index (χ3v) is 2.96. The van der Waals surface area contributed by atoms with Crippen LogP contribution < -0.4 is 0 Å². The number of aromatic nitrogens is 1. The van der Waals surface area contributed by atoms with E-state index in [9.17, 15) is 13.6 Å². The third-order valence-electron chi connectivity index (χ3n) is 2.28. The number of hydrogen-bond donors (Lipinski definition) is 0. The Morgan fingerprint density at radius 1 is 1.59 bits per heavy atom. The van der Waals surface area contributed by atoms with Crippen LogP contribution in [0, 0.1) is 6.92 Å². The van der Waals surface area contributed by atoms with Crippen LogP contribution in [0.3, 0.4) is 0 Å². The average Bonchev–Trinajstić information content (AvgIpc) is 2.24. The first-order valence-corrected chi connectivity index (χ1v) is 5.84. The standard InChI is InChI=1S/C11H12BrF2NO2/c1-3-17-9(16)4-7-6(2)10(11(13)14)15-5-8(7)12/h5,11H,3-4H2,1-2H3. The second kappa shape index (κ2) is 6.05. The molecule has 0 bridgehead atoms. The molecule has 1 rings (SSSR count). The van der Waals surface area contributed by atoms with E-state index in [0.717, 1.165) is 0 Å². The second-order valence-electron chi connectivity index (χ2n) is 3.38. The number of carbonyl (C=O) groups excluding carboxylic acids is 1. The predicted octanol–water partition coefficient (Wildman–Crippen LogP) is 3.20. The highest BCUT2D eigenvalue weighted by Crippen LogP contribution is 2.28. The molecule has 6 heteroatoms. The van der Waals surface area contributed by atoms with Gasteiger partial charge in [-0.1, -0.05) is 0 Å². The summed E-state index contributed by atoms with van der Waals surface area (Å²) in [6.45, 7) is 3.48. The van der Waals surface area contributed by atoms with Gasteiger partial charge in [0.15, 0.2) is 0 Å². The number of nitrogens with zero attached hydrogens (tertiary/aromatic N) is 1. The van der Waals surface area contributed by atoms with Gasteiger partial charge in [0.25, 0.3) is 6.43 Å². The van der Waals surface area contributed by atoms with Crippen molar-refractivity contribution in [2.24, 2.45) is 0 Å². The van der Waals surface area contributed by atoms with Crippen LogP contribution in [-0.2, 0) is 16.0 Å². The van der Waals surface area contributed by atoms with Gasteiger partial charge in [0.05, 0.1) is 13.0 Å². The number of alkyl halides is 2. The monoisotopic (exact) mass is 307 g/mol. The highest BCUT2D eigenvalue weighted by molar-refractivity contribution is 9.10. The average molecular weight is 308 g/mol. The van der Waals surface area contributed by atoms with Crippen LogP contribution in [0.2, 0.25) is 0 Å². The lowest BCUT2D eigenvalue weighted by Gasteiger charge is -2.11. The molecule has 0 unspecified atom stereocenters. The summed E-state index contributed by atoms with van der Waals surface area (Å²) in [5, 5.41) is 0. The molecule has 0 radical (unpaired) electrons. The van der Waals surface area contributed by atoms with E-state index in [0.29, 0.717) is 15.6 Å². The topological polar surface area (TPSA) is 39.2 Å². The molecule has 1 aromatic rings. The Morgan fingerprint density at radius 2 is 2.24 bits per heavy atom. The molecular formula is C11H12BrF2NO2. The number of carbonyl (C=O) groups is 1. The highest BCUT2D eigenvalue weighted by atomic mass is 79.9. The van der Waals surface area contributed by atoms with E-state index in [4.69, 9.17) is 4.74 Å². The molecule has 0 aliphatic heterocycles. The maximum atomic E-state index is 12.6. The summed E-state index contributed by atoms with van der Waals surface area (Å²) in [7, 11) is 0. The fourth-order valence-corrected chi connectivity index (χ4v) is 1.97. The molecule has 0 saturated heterocycles. The largest absolute Gasteiger partial charge is 0.466 e. The van der Waals surface area contributed by atoms with Crippen LogP contribution in [0.25, 0.3) is 0 Å². The lowest BCUT2D eigenvalue weighted by molar-refractivity contribution is -0.142. The molecule has 94 valence electrons. The summed E-state index contributed by atoms with van der Waals surface area (Å²) in [6, 6.07) is 0. The van der Waals surface area contributed by atoms with Crippen LogP contribution >= 0.6 is 15.9 Å². The fourth-order valence-electron chi connectivity index (χ4n) is 1.43. The van der Waals surface area contributed by atoms with Crippen LogP contribution in [-0.4, -0.2) is 17.6 Å². The fraction of sp³-hybridized carbons (Fsp3) is 0.455. The zero-order chi connectivity index (χ0) is 13.0. The van der Waals surface area contributed by atoms with E-state index in [-0.39, 0.29) is 18.7 Å². The predicted molar refractivity (Wildman–Crippen MR) is 62.0 cm³/mol. The molecule has 0 fully saturated rings. The third kappa shape index (κ3) is 3.46. The summed E-state index contributed by atoms with van der Waals surface area (Å²) in [4.78, 5) is 15.0. The molecule has 0 N–H and O–H groups in total. The number of pyridine rings is 1. The molecule has 0 aliphatic carbocycles. The Labute approximate surface area is 106 Å². The number of esters is 1. The van der Waals surface area contributed by atoms with Gasteiger partial charge in [-0.3, -0.25) is 9.78 Å². The Bertz CT molecular complexity index is 424. The Kier molecular flexibility index (Phi) is 4.99. The first-order valence-electron chi connectivity index (χ1n) is 5.05. The van der Waals surface area contributed by atoms with E-state index >= 15 is 0 Å². The minimum atomic E-state index is -2.65. The van der Waals surface area contributed by atoms with Crippen molar-refractivity contribution < 1.29 is 18.3 Å². The molecule has 1 aromatic heterocycles. The molecule has 1 heterocycles.